The smallest absolute Gasteiger partial charge is 0.267 e. The summed E-state index contributed by atoms with van der Waals surface area (Å²) in [5.74, 6) is -0.631. The molecule has 7 heteroatoms. The number of nitrogens with zero attached hydrogens (tertiary/aromatic N) is 3. The zero-order chi connectivity index (χ0) is 17.9. The third kappa shape index (κ3) is 4.00. The summed E-state index contributed by atoms with van der Waals surface area (Å²) >= 11 is 0. The normalized spacial score (nSPS) is 12.2. The van der Waals surface area contributed by atoms with E-state index in [2.05, 4.69) is 10.1 Å². The molecule has 25 heavy (non-hydrogen) atoms. The topological polar surface area (TPSA) is 47.2 Å². The highest BCUT2D eigenvalue weighted by molar-refractivity contribution is 5.94. The number of benzene rings is 2. The summed E-state index contributed by atoms with van der Waals surface area (Å²) in [6.45, 7) is 0. The molecule has 0 bridgehead atoms. The van der Waals surface area contributed by atoms with Crippen LogP contribution < -0.4 is 5.36 Å². The molecule has 0 N–H and O–H groups in total. The third-order valence-electron chi connectivity index (χ3n) is 3.41. The number of hydrogen-bond acceptors (Lipinski definition) is 2. The highest BCUT2D eigenvalue weighted by Gasteiger charge is 2.30. The lowest BCUT2D eigenvalue weighted by molar-refractivity contribution is -0.137. The van der Waals surface area contributed by atoms with Crippen molar-refractivity contribution in [2.75, 3.05) is 0 Å². The summed E-state index contributed by atoms with van der Waals surface area (Å²) in [6.07, 6.45) is -1.38. The van der Waals surface area contributed by atoms with Gasteiger partial charge in [0.05, 0.1) is 22.8 Å². The maximum Gasteiger partial charge on any atom is 0.416 e. The van der Waals surface area contributed by atoms with Gasteiger partial charge in [-0.05, 0) is 42.5 Å². The Labute approximate surface area is 140 Å². The van der Waals surface area contributed by atoms with Gasteiger partial charge in [0.15, 0.2) is 0 Å². The molecule has 0 atom stereocenters. The first-order valence-electron chi connectivity index (χ1n) is 7.30. The summed E-state index contributed by atoms with van der Waals surface area (Å²) < 4.78 is 39.2. The summed E-state index contributed by atoms with van der Waals surface area (Å²) in [4.78, 5) is 15.9. The molecule has 4 nitrogen and oxygen atoms in total. The van der Waals surface area contributed by atoms with Gasteiger partial charge >= 0.3 is 6.18 Å². The van der Waals surface area contributed by atoms with Gasteiger partial charge in [-0.25, -0.2) is 9.67 Å². The van der Waals surface area contributed by atoms with Crippen LogP contribution in [0.15, 0.2) is 78.0 Å². The first-order chi connectivity index (χ1) is 11.9. The van der Waals surface area contributed by atoms with Gasteiger partial charge in [0.2, 0.25) is 0 Å². The monoisotopic (exact) mass is 343 g/mol. The third-order valence-corrected chi connectivity index (χ3v) is 3.41. The summed E-state index contributed by atoms with van der Waals surface area (Å²) in [6, 6.07) is 14.9. The number of aromatic nitrogens is 2. The fraction of sp³-hybridized carbons (Fsp3) is 0.0556. The Morgan fingerprint density at radius 1 is 0.960 bits per heavy atom. The van der Waals surface area contributed by atoms with Gasteiger partial charge in [-0.2, -0.15) is 18.3 Å². The molecule has 0 saturated carbocycles. The van der Waals surface area contributed by atoms with E-state index in [1.165, 1.54) is 6.20 Å². The fourth-order valence-electron chi connectivity index (χ4n) is 2.13. The van der Waals surface area contributed by atoms with E-state index >= 15 is 0 Å². The number of carbonyl (C=O) groups excluding carboxylic acids is 1. The van der Waals surface area contributed by atoms with Crippen molar-refractivity contribution in [3.63, 3.8) is 0 Å². The van der Waals surface area contributed by atoms with Crippen molar-refractivity contribution in [3.05, 3.63) is 89.5 Å². The van der Waals surface area contributed by atoms with Gasteiger partial charge in [-0.15, -0.1) is 0 Å². The van der Waals surface area contributed by atoms with Crippen LogP contribution in [0.2, 0.25) is 0 Å². The lowest BCUT2D eigenvalue weighted by atomic mass is 10.1. The number of para-hydroxylation sites is 1. The van der Waals surface area contributed by atoms with E-state index in [1.54, 1.807) is 16.9 Å². The van der Waals surface area contributed by atoms with Gasteiger partial charge in [-0.1, -0.05) is 18.2 Å². The van der Waals surface area contributed by atoms with Crippen molar-refractivity contribution in [2.45, 2.75) is 6.18 Å². The summed E-state index contributed by atoms with van der Waals surface area (Å²) in [5.41, 5.74) is 0.116. The number of alkyl halides is 3. The highest BCUT2D eigenvalue weighted by Crippen LogP contribution is 2.29. The molecule has 0 aliphatic carbocycles. The Hall–Kier alpha value is -3.22. The zero-order valence-corrected chi connectivity index (χ0v) is 12.8. The molecule has 0 spiro atoms. The van der Waals surface area contributed by atoms with Crippen LogP contribution in [0.4, 0.5) is 13.2 Å². The van der Waals surface area contributed by atoms with E-state index in [4.69, 9.17) is 0 Å². The van der Waals surface area contributed by atoms with Crippen LogP contribution in [0.5, 0.6) is 0 Å². The Bertz CT molecular complexity index is 925. The average molecular weight is 343 g/mol. The number of rotatable bonds is 2. The molecule has 0 radical (unpaired) electrons. The molecule has 0 saturated heterocycles. The van der Waals surface area contributed by atoms with Gasteiger partial charge in [0.1, 0.15) is 0 Å². The number of halogens is 3. The van der Waals surface area contributed by atoms with Crippen LogP contribution in [-0.4, -0.2) is 15.7 Å². The standard InChI is InChI=1S/C18H12F3N3O/c19-18(20,21)14-8-6-13(7-9-14)17(25)23-15-10-11-24(22-12-15)16-4-2-1-3-5-16/h1-12H/b23-15+. The molecule has 2 aromatic carbocycles. The zero-order valence-electron chi connectivity index (χ0n) is 12.8. The quantitative estimate of drug-likeness (QED) is 0.713. The minimum Gasteiger partial charge on any atom is -0.267 e. The second kappa shape index (κ2) is 6.72. The molecular weight excluding hydrogens is 331 g/mol. The first-order valence-corrected chi connectivity index (χ1v) is 7.30. The van der Waals surface area contributed by atoms with Crippen LogP contribution in [0.3, 0.4) is 0 Å². The van der Waals surface area contributed by atoms with E-state index in [0.29, 0.717) is 5.36 Å². The molecule has 1 aromatic heterocycles. The Morgan fingerprint density at radius 2 is 1.64 bits per heavy atom. The second-order valence-corrected chi connectivity index (χ2v) is 5.16. The number of carbonyl (C=O) groups is 1. The average Bonchev–Trinajstić information content (AvgIpc) is 2.62. The molecule has 0 fully saturated rings. The molecule has 126 valence electrons. The molecule has 0 aliphatic rings. The van der Waals surface area contributed by atoms with Crippen LogP contribution in [-0.2, 0) is 6.18 Å². The Morgan fingerprint density at radius 3 is 2.20 bits per heavy atom. The van der Waals surface area contributed by atoms with Gasteiger partial charge in [0, 0.05) is 11.8 Å². The SMILES string of the molecule is O=C(/N=c1\ccn(-c2ccccc2)nc1)c1ccc(C(F)(F)F)cc1. The van der Waals surface area contributed by atoms with E-state index < -0.39 is 17.6 Å². The van der Waals surface area contributed by atoms with Gasteiger partial charge < -0.3 is 0 Å². The van der Waals surface area contributed by atoms with Crippen LogP contribution >= 0.6 is 0 Å². The van der Waals surface area contributed by atoms with Crippen molar-refractivity contribution in [3.8, 4) is 5.69 Å². The summed E-state index contributed by atoms with van der Waals surface area (Å²) in [5, 5.41) is 4.48. The largest absolute Gasteiger partial charge is 0.416 e. The van der Waals surface area contributed by atoms with Crippen molar-refractivity contribution in [1.82, 2.24) is 9.78 Å². The van der Waals surface area contributed by atoms with Gasteiger partial charge in [-0.3, -0.25) is 4.79 Å². The van der Waals surface area contributed by atoms with E-state index in [9.17, 15) is 18.0 Å². The molecule has 1 heterocycles. The van der Waals surface area contributed by atoms with E-state index in [-0.39, 0.29) is 5.56 Å². The molecule has 3 rings (SSSR count). The Kier molecular flexibility index (Phi) is 4.47. The molecule has 0 aliphatic heterocycles. The highest BCUT2D eigenvalue weighted by atomic mass is 19.4. The molecule has 1 amide bonds. The van der Waals surface area contributed by atoms with E-state index in [0.717, 1.165) is 30.0 Å². The van der Waals surface area contributed by atoms with Crippen LogP contribution in [0, 0.1) is 0 Å². The van der Waals surface area contributed by atoms with E-state index in [1.807, 2.05) is 30.3 Å². The lowest BCUT2D eigenvalue weighted by Gasteiger charge is -2.06. The maximum absolute atomic E-state index is 12.5. The summed E-state index contributed by atoms with van der Waals surface area (Å²) in [7, 11) is 0. The predicted octanol–water partition coefficient (Wildman–Crippen LogP) is 3.63. The number of hydrogen-bond donors (Lipinski definition) is 0. The molecular formula is C18H12F3N3O. The van der Waals surface area contributed by atoms with Crippen molar-refractivity contribution in [1.29, 1.82) is 0 Å². The lowest BCUT2D eigenvalue weighted by Crippen LogP contribution is -2.11. The van der Waals surface area contributed by atoms with Crippen LogP contribution in [0.1, 0.15) is 15.9 Å². The second-order valence-electron chi connectivity index (χ2n) is 5.16. The first kappa shape index (κ1) is 16.6. The fourth-order valence-corrected chi connectivity index (χ4v) is 2.13. The minimum absolute atomic E-state index is 0.0767. The van der Waals surface area contributed by atoms with Crippen molar-refractivity contribution < 1.29 is 18.0 Å². The Balaban J connectivity index is 1.82. The minimum atomic E-state index is -4.44. The predicted molar refractivity (Wildman–Crippen MR) is 84.9 cm³/mol. The van der Waals surface area contributed by atoms with Crippen molar-refractivity contribution in [2.24, 2.45) is 4.99 Å². The maximum atomic E-state index is 12.5. The van der Waals surface area contributed by atoms with Gasteiger partial charge in [0.25, 0.3) is 5.91 Å². The van der Waals surface area contributed by atoms with Crippen molar-refractivity contribution >= 4 is 5.91 Å². The molecule has 0 unspecified atom stereocenters. The number of amides is 1. The molecule has 3 aromatic rings. The van der Waals surface area contributed by atoms with Crippen LogP contribution in [0.25, 0.3) is 5.69 Å².